The van der Waals surface area contributed by atoms with Crippen molar-refractivity contribution in [3.8, 4) is 0 Å². The lowest BCUT2D eigenvalue weighted by Gasteiger charge is -2.27. The van der Waals surface area contributed by atoms with Gasteiger partial charge in [0.1, 0.15) is 10.7 Å². The second-order valence-electron chi connectivity index (χ2n) is 4.22. The number of hydrogen-bond donors (Lipinski definition) is 2. The van der Waals surface area contributed by atoms with E-state index in [4.69, 9.17) is 10.8 Å². The van der Waals surface area contributed by atoms with E-state index in [1.165, 1.54) is 37.2 Å². The van der Waals surface area contributed by atoms with Crippen LogP contribution < -0.4 is 5.73 Å². The summed E-state index contributed by atoms with van der Waals surface area (Å²) in [6.07, 6.45) is 5.02. The molecule has 0 bridgehead atoms. The fourth-order valence-corrected chi connectivity index (χ4v) is 2.74. The molecule has 1 fully saturated rings. The zero-order valence-electron chi connectivity index (χ0n) is 9.30. The quantitative estimate of drug-likeness (QED) is 0.801. The van der Waals surface area contributed by atoms with Crippen molar-refractivity contribution in [3.63, 3.8) is 0 Å². The molecule has 1 aliphatic carbocycles. The molecule has 0 saturated heterocycles. The molecule has 0 aliphatic heterocycles. The summed E-state index contributed by atoms with van der Waals surface area (Å²) in [5.74, 6) is 0. The van der Waals surface area contributed by atoms with Crippen LogP contribution >= 0.6 is 11.5 Å². The van der Waals surface area contributed by atoms with Gasteiger partial charge in [-0.3, -0.25) is 4.90 Å². The predicted molar refractivity (Wildman–Crippen MR) is 64.1 cm³/mol. The lowest BCUT2D eigenvalue weighted by molar-refractivity contribution is 0.143. The van der Waals surface area contributed by atoms with E-state index in [0.717, 1.165) is 5.69 Å². The first kappa shape index (κ1) is 11.8. The smallest absolute Gasteiger partial charge is 0.132 e. The Balaban J connectivity index is 1.99. The Labute approximate surface area is 99.4 Å². The second kappa shape index (κ2) is 5.56. The molecular weight excluding hydrogens is 224 g/mol. The fourth-order valence-electron chi connectivity index (χ4n) is 2.31. The predicted octanol–water partition coefficient (Wildman–Crippen LogP) is 0.857. The van der Waals surface area contributed by atoms with Crippen molar-refractivity contribution in [3.05, 3.63) is 5.69 Å². The van der Waals surface area contributed by atoms with Crippen LogP contribution in [0, 0.1) is 0 Å². The molecule has 0 aromatic carbocycles. The normalized spacial score (nSPS) is 17.4. The first-order valence-corrected chi connectivity index (χ1v) is 6.50. The molecule has 1 saturated carbocycles. The maximum Gasteiger partial charge on any atom is 0.132 e. The van der Waals surface area contributed by atoms with Crippen molar-refractivity contribution in [2.75, 3.05) is 18.9 Å². The molecule has 1 heterocycles. The molecule has 0 atom stereocenters. The summed E-state index contributed by atoms with van der Waals surface area (Å²) in [6.45, 7) is 1.60. The molecule has 90 valence electrons. The Bertz CT molecular complexity index is 324. The molecule has 0 unspecified atom stereocenters. The van der Waals surface area contributed by atoms with Crippen molar-refractivity contribution in [1.82, 2.24) is 14.5 Å². The summed E-state index contributed by atoms with van der Waals surface area (Å²) in [4.78, 5) is 2.28. The third kappa shape index (κ3) is 2.69. The van der Waals surface area contributed by atoms with Crippen LogP contribution in [0.5, 0.6) is 0 Å². The average Bonchev–Trinajstić information content (AvgIpc) is 2.90. The van der Waals surface area contributed by atoms with Crippen LogP contribution in [-0.2, 0) is 6.54 Å². The highest BCUT2D eigenvalue weighted by atomic mass is 32.1. The number of nitrogens with zero attached hydrogens (tertiary/aromatic N) is 3. The van der Waals surface area contributed by atoms with E-state index in [1.54, 1.807) is 0 Å². The Morgan fingerprint density at radius 1 is 1.44 bits per heavy atom. The number of aromatic nitrogens is 2. The highest BCUT2D eigenvalue weighted by molar-refractivity contribution is 7.09. The summed E-state index contributed by atoms with van der Waals surface area (Å²) in [5.41, 5.74) is 6.64. The minimum absolute atomic E-state index is 0.188. The van der Waals surface area contributed by atoms with Gasteiger partial charge < -0.3 is 10.8 Å². The van der Waals surface area contributed by atoms with Crippen LogP contribution in [-0.4, -0.2) is 38.8 Å². The van der Waals surface area contributed by atoms with Crippen LogP contribution in [0.3, 0.4) is 0 Å². The molecule has 3 N–H and O–H groups in total. The standard InChI is InChI=1S/C10H18N4OS/c11-10-9(12-13-16-10)7-14(5-6-15)8-3-1-2-4-8/h8,15H,1-7,11H2. The van der Waals surface area contributed by atoms with Crippen molar-refractivity contribution >= 4 is 16.5 Å². The Morgan fingerprint density at radius 3 is 2.75 bits per heavy atom. The highest BCUT2D eigenvalue weighted by Crippen LogP contribution is 2.25. The summed E-state index contributed by atoms with van der Waals surface area (Å²) >= 11 is 1.23. The minimum Gasteiger partial charge on any atom is -0.395 e. The van der Waals surface area contributed by atoms with Crippen molar-refractivity contribution in [2.45, 2.75) is 38.3 Å². The van der Waals surface area contributed by atoms with E-state index in [1.807, 2.05) is 0 Å². The van der Waals surface area contributed by atoms with Crippen LogP contribution in [0.4, 0.5) is 5.00 Å². The molecule has 0 spiro atoms. The van der Waals surface area contributed by atoms with E-state index in [0.29, 0.717) is 24.1 Å². The Hall–Kier alpha value is -0.720. The van der Waals surface area contributed by atoms with Gasteiger partial charge in [0.2, 0.25) is 0 Å². The van der Waals surface area contributed by atoms with Gasteiger partial charge in [0.25, 0.3) is 0 Å². The third-order valence-corrected chi connectivity index (χ3v) is 3.76. The van der Waals surface area contributed by atoms with Gasteiger partial charge in [0.05, 0.1) is 6.61 Å². The molecule has 16 heavy (non-hydrogen) atoms. The molecule has 0 amide bonds. The summed E-state index contributed by atoms with van der Waals surface area (Å²) in [6, 6.07) is 0.577. The zero-order chi connectivity index (χ0) is 11.4. The highest BCUT2D eigenvalue weighted by Gasteiger charge is 2.23. The van der Waals surface area contributed by atoms with Gasteiger partial charge >= 0.3 is 0 Å². The minimum atomic E-state index is 0.188. The van der Waals surface area contributed by atoms with Crippen LogP contribution in [0.1, 0.15) is 31.4 Å². The van der Waals surface area contributed by atoms with E-state index in [-0.39, 0.29) is 6.61 Å². The number of nitrogen functional groups attached to an aromatic ring is 1. The van der Waals surface area contributed by atoms with Crippen molar-refractivity contribution in [2.24, 2.45) is 0 Å². The van der Waals surface area contributed by atoms with E-state index >= 15 is 0 Å². The number of anilines is 1. The monoisotopic (exact) mass is 242 g/mol. The molecule has 1 aromatic rings. The number of hydrogen-bond acceptors (Lipinski definition) is 6. The van der Waals surface area contributed by atoms with Gasteiger partial charge in [-0.15, -0.1) is 5.10 Å². The lowest BCUT2D eigenvalue weighted by atomic mass is 10.2. The van der Waals surface area contributed by atoms with Crippen LogP contribution in [0.15, 0.2) is 0 Å². The van der Waals surface area contributed by atoms with Gasteiger partial charge in [-0.25, -0.2) is 0 Å². The molecular formula is C10H18N4OS. The molecule has 6 heteroatoms. The second-order valence-corrected chi connectivity index (χ2v) is 5.00. The Kier molecular flexibility index (Phi) is 4.09. The van der Waals surface area contributed by atoms with Crippen LogP contribution in [0.2, 0.25) is 0 Å². The van der Waals surface area contributed by atoms with Crippen molar-refractivity contribution < 1.29 is 5.11 Å². The van der Waals surface area contributed by atoms with Gasteiger partial charge in [0.15, 0.2) is 0 Å². The van der Waals surface area contributed by atoms with Crippen LogP contribution in [0.25, 0.3) is 0 Å². The maximum atomic E-state index is 9.09. The number of aliphatic hydroxyl groups excluding tert-OH is 1. The lowest BCUT2D eigenvalue weighted by Crippen LogP contribution is -2.35. The molecule has 5 nitrogen and oxygen atoms in total. The average molecular weight is 242 g/mol. The first-order valence-electron chi connectivity index (χ1n) is 5.73. The van der Waals surface area contributed by atoms with Gasteiger partial charge in [0, 0.05) is 30.7 Å². The van der Waals surface area contributed by atoms with Gasteiger partial charge in [-0.05, 0) is 12.8 Å². The van der Waals surface area contributed by atoms with Gasteiger partial charge in [-0.1, -0.05) is 17.3 Å². The number of nitrogens with two attached hydrogens (primary N) is 1. The van der Waals surface area contributed by atoms with E-state index < -0.39 is 0 Å². The van der Waals surface area contributed by atoms with E-state index in [9.17, 15) is 0 Å². The third-order valence-electron chi connectivity index (χ3n) is 3.17. The van der Waals surface area contributed by atoms with E-state index in [2.05, 4.69) is 14.5 Å². The maximum absolute atomic E-state index is 9.09. The molecule has 0 radical (unpaired) electrons. The molecule has 1 aromatic heterocycles. The summed E-state index contributed by atoms with van der Waals surface area (Å²) in [5, 5.41) is 13.8. The SMILES string of the molecule is Nc1snnc1CN(CCO)C1CCCC1. The summed E-state index contributed by atoms with van der Waals surface area (Å²) in [7, 11) is 0. The topological polar surface area (TPSA) is 75.3 Å². The molecule has 1 aliphatic rings. The first-order chi connectivity index (χ1) is 7.81. The number of aliphatic hydroxyl groups is 1. The van der Waals surface area contributed by atoms with Crippen molar-refractivity contribution in [1.29, 1.82) is 0 Å². The summed E-state index contributed by atoms with van der Waals surface area (Å²) < 4.78 is 3.84. The fraction of sp³-hybridized carbons (Fsp3) is 0.800. The number of rotatable bonds is 5. The Morgan fingerprint density at radius 2 is 2.19 bits per heavy atom. The van der Waals surface area contributed by atoms with Gasteiger partial charge in [-0.2, -0.15) is 0 Å². The zero-order valence-corrected chi connectivity index (χ0v) is 10.1. The molecule has 2 rings (SSSR count). The largest absolute Gasteiger partial charge is 0.395 e.